The zero-order chi connectivity index (χ0) is 24.2. The van der Waals surface area contributed by atoms with E-state index in [0.717, 1.165) is 10.4 Å². The number of nitro benzene ring substituents is 1. The number of thiophene rings is 1. The normalized spacial score (nSPS) is 10.9. The Morgan fingerprint density at radius 3 is 2.57 bits per heavy atom. The van der Waals surface area contributed by atoms with Crippen molar-refractivity contribution in [2.75, 3.05) is 0 Å². The highest BCUT2D eigenvalue weighted by molar-refractivity contribution is 7.13. The fraction of sp³-hybridized carbons (Fsp3) is 0.0833. The number of benzene rings is 2. The van der Waals surface area contributed by atoms with Gasteiger partial charge < -0.3 is 9.15 Å². The van der Waals surface area contributed by atoms with Crippen LogP contribution < -0.4 is 0 Å². The minimum atomic E-state index is -0.567. The average molecular weight is 487 g/mol. The summed E-state index contributed by atoms with van der Waals surface area (Å²) in [7, 11) is 0. The predicted molar refractivity (Wildman–Crippen MR) is 127 cm³/mol. The number of hydrogen-bond acceptors (Lipinski definition) is 9. The molecule has 174 valence electrons. The highest BCUT2D eigenvalue weighted by Gasteiger charge is 2.21. The molecule has 0 spiro atoms. The van der Waals surface area contributed by atoms with Crippen LogP contribution in [0.5, 0.6) is 0 Å². The van der Waals surface area contributed by atoms with Crippen LogP contribution in [-0.2, 0) is 17.9 Å². The highest BCUT2D eigenvalue weighted by Crippen LogP contribution is 2.28. The maximum atomic E-state index is 13.0. The van der Waals surface area contributed by atoms with Crippen molar-refractivity contribution in [3.8, 4) is 22.0 Å². The molecule has 2 aromatic carbocycles. The molecule has 11 heteroatoms. The number of carbonyl (C=O) groups is 1. The lowest BCUT2D eigenvalue weighted by molar-refractivity contribution is -0.384. The van der Waals surface area contributed by atoms with E-state index < -0.39 is 10.9 Å². The molecule has 0 aliphatic rings. The highest BCUT2D eigenvalue weighted by atomic mass is 32.1. The Labute approximate surface area is 202 Å². The summed E-state index contributed by atoms with van der Waals surface area (Å²) in [6, 6.07) is 19.3. The van der Waals surface area contributed by atoms with E-state index in [-0.39, 0.29) is 24.1 Å². The van der Waals surface area contributed by atoms with Crippen molar-refractivity contribution in [3.63, 3.8) is 0 Å². The lowest BCUT2D eigenvalue weighted by Crippen LogP contribution is -2.06. The molecule has 0 saturated heterocycles. The zero-order valence-electron chi connectivity index (χ0n) is 18.1. The molecule has 0 atom stereocenters. The van der Waals surface area contributed by atoms with E-state index in [0.29, 0.717) is 23.4 Å². The first-order valence-electron chi connectivity index (χ1n) is 10.5. The summed E-state index contributed by atoms with van der Waals surface area (Å²) in [4.78, 5) is 24.1. The molecule has 5 rings (SSSR count). The van der Waals surface area contributed by atoms with Gasteiger partial charge in [-0.3, -0.25) is 14.8 Å². The molecule has 0 bridgehead atoms. The second-order valence-corrected chi connectivity index (χ2v) is 8.38. The molecule has 0 N–H and O–H groups in total. The quantitative estimate of drug-likeness (QED) is 0.170. The molecule has 10 nitrogen and oxygen atoms in total. The smallest absolute Gasteiger partial charge is 0.342 e. The number of ether oxygens (including phenoxy) is 1. The first-order valence-corrected chi connectivity index (χ1v) is 11.3. The fourth-order valence-corrected chi connectivity index (χ4v) is 4.10. The third-order valence-electron chi connectivity index (χ3n) is 5.04. The summed E-state index contributed by atoms with van der Waals surface area (Å²) >= 11 is 1.48. The van der Waals surface area contributed by atoms with Crippen molar-refractivity contribution in [1.29, 1.82) is 0 Å². The van der Waals surface area contributed by atoms with Crippen molar-refractivity contribution in [2.45, 2.75) is 13.2 Å². The largest absolute Gasteiger partial charge is 0.452 e. The number of aromatic nitrogens is 4. The first kappa shape index (κ1) is 22.2. The van der Waals surface area contributed by atoms with Gasteiger partial charge in [0.15, 0.2) is 6.61 Å². The third kappa shape index (κ3) is 4.99. The third-order valence-corrected chi connectivity index (χ3v) is 5.92. The molecule has 3 aromatic heterocycles. The molecule has 3 heterocycles. The zero-order valence-corrected chi connectivity index (χ0v) is 18.9. The Morgan fingerprint density at radius 1 is 1.06 bits per heavy atom. The molecule has 0 amide bonds. The fourth-order valence-electron chi connectivity index (χ4n) is 3.38. The second kappa shape index (κ2) is 9.69. The minimum absolute atomic E-state index is 0.0447. The van der Waals surface area contributed by atoms with E-state index >= 15 is 0 Å². The van der Waals surface area contributed by atoms with Crippen LogP contribution in [0.15, 0.2) is 82.7 Å². The predicted octanol–water partition coefficient (Wildman–Crippen LogP) is 4.98. The van der Waals surface area contributed by atoms with E-state index in [1.807, 2.05) is 47.8 Å². The van der Waals surface area contributed by atoms with Crippen LogP contribution in [0.2, 0.25) is 0 Å². The Kier molecular flexibility index (Phi) is 6.14. The van der Waals surface area contributed by atoms with Crippen molar-refractivity contribution in [3.05, 3.63) is 105 Å². The van der Waals surface area contributed by atoms with Crippen LogP contribution in [0.3, 0.4) is 0 Å². The number of carbonyl (C=O) groups excluding carboxylic acids is 1. The molecule has 35 heavy (non-hydrogen) atoms. The van der Waals surface area contributed by atoms with E-state index in [9.17, 15) is 14.9 Å². The summed E-state index contributed by atoms with van der Waals surface area (Å²) < 4.78 is 12.7. The van der Waals surface area contributed by atoms with Gasteiger partial charge in [-0.1, -0.05) is 36.4 Å². The van der Waals surface area contributed by atoms with Gasteiger partial charge >= 0.3 is 5.97 Å². The number of nitrogens with zero attached hydrogens (tertiary/aromatic N) is 5. The van der Waals surface area contributed by atoms with Gasteiger partial charge in [-0.2, -0.15) is 5.10 Å². The van der Waals surface area contributed by atoms with Gasteiger partial charge in [0.25, 0.3) is 11.6 Å². The summed E-state index contributed by atoms with van der Waals surface area (Å²) in [5, 5.41) is 25.2. The van der Waals surface area contributed by atoms with E-state index in [1.165, 1.54) is 35.6 Å². The Balaban J connectivity index is 1.31. The maximum Gasteiger partial charge on any atom is 0.342 e. The van der Waals surface area contributed by atoms with Crippen LogP contribution >= 0.6 is 11.3 Å². The van der Waals surface area contributed by atoms with Gasteiger partial charge in [-0.15, -0.1) is 21.5 Å². The SMILES string of the molecule is O=C(OCc1nnc(-c2ccc([N+](=O)[O-])cc2)o1)c1cn(Cc2ccccc2)nc1-c1cccs1. The van der Waals surface area contributed by atoms with Gasteiger partial charge in [0.1, 0.15) is 11.3 Å². The van der Waals surface area contributed by atoms with Crippen LogP contribution in [-0.4, -0.2) is 30.9 Å². The summed E-state index contributed by atoms with van der Waals surface area (Å²) in [6.07, 6.45) is 1.67. The lowest BCUT2D eigenvalue weighted by atomic mass is 10.2. The van der Waals surface area contributed by atoms with Crippen LogP contribution in [0.25, 0.3) is 22.0 Å². The summed E-state index contributed by atoms with van der Waals surface area (Å²) in [5.41, 5.74) is 2.40. The molecule has 0 unspecified atom stereocenters. The van der Waals surface area contributed by atoms with Crippen LogP contribution in [0.1, 0.15) is 21.8 Å². The Bertz CT molecular complexity index is 1460. The standard InChI is InChI=1S/C24H17N5O5S/c30-24(33-15-21-25-26-23(34-21)17-8-10-18(11-9-17)29(31)32)19-14-28(13-16-5-2-1-3-6-16)27-22(19)20-7-4-12-35-20/h1-12,14H,13,15H2. The second-order valence-electron chi connectivity index (χ2n) is 7.43. The van der Waals surface area contributed by atoms with Crippen LogP contribution in [0.4, 0.5) is 5.69 Å². The minimum Gasteiger partial charge on any atom is -0.452 e. The monoisotopic (exact) mass is 487 g/mol. The number of nitro groups is 1. The van der Waals surface area contributed by atoms with E-state index in [4.69, 9.17) is 9.15 Å². The molecular formula is C24H17N5O5S. The first-order chi connectivity index (χ1) is 17.1. The molecule has 0 radical (unpaired) electrons. The van der Waals surface area contributed by atoms with Crippen molar-refractivity contribution >= 4 is 23.0 Å². The molecule has 0 saturated carbocycles. The average Bonchev–Trinajstić information content (AvgIpc) is 3.64. The molecule has 0 aliphatic heterocycles. The lowest BCUT2D eigenvalue weighted by Gasteiger charge is -2.01. The number of hydrogen-bond donors (Lipinski definition) is 0. The molecule has 0 aliphatic carbocycles. The van der Waals surface area contributed by atoms with Gasteiger partial charge in [0, 0.05) is 23.9 Å². The number of non-ortho nitro benzene ring substituents is 1. The van der Waals surface area contributed by atoms with Crippen LogP contribution in [0, 0.1) is 10.1 Å². The van der Waals surface area contributed by atoms with Gasteiger partial charge in [-0.05, 0) is 29.1 Å². The maximum absolute atomic E-state index is 13.0. The van der Waals surface area contributed by atoms with Crippen molar-refractivity contribution < 1.29 is 18.9 Å². The molecule has 5 aromatic rings. The summed E-state index contributed by atoms with van der Waals surface area (Å²) in [5.74, 6) is -0.301. The van der Waals surface area contributed by atoms with Crippen molar-refractivity contribution in [2.24, 2.45) is 0 Å². The Morgan fingerprint density at radius 2 is 1.86 bits per heavy atom. The van der Waals surface area contributed by atoms with Crippen molar-refractivity contribution in [1.82, 2.24) is 20.0 Å². The van der Waals surface area contributed by atoms with E-state index in [2.05, 4.69) is 15.3 Å². The number of esters is 1. The summed E-state index contributed by atoms with van der Waals surface area (Å²) in [6.45, 7) is 0.279. The molecular weight excluding hydrogens is 470 g/mol. The van der Waals surface area contributed by atoms with Gasteiger partial charge in [0.2, 0.25) is 5.89 Å². The van der Waals surface area contributed by atoms with Gasteiger partial charge in [-0.25, -0.2) is 4.79 Å². The Hall–Kier alpha value is -4.64. The number of rotatable bonds is 8. The van der Waals surface area contributed by atoms with Gasteiger partial charge in [0.05, 0.1) is 16.3 Å². The topological polar surface area (TPSA) is 126 Å². The van der Waals surface area contributed by atoms with E-state index in [1.54, 1.807) is 10.9 Å². The molecule has 0 fully saturated rings.